The maximum Gasteiger partial charge on any atom is 0.229 e. The molecule has 3 unspecified atom stereocenters. The second-order valence-corrected chi connectivity index (χ2v) is 7.65. The van der Waals surface area contributed by atoms with Gasteiger partial charge in [-0.3, -0.25) is 4.79 Å². The highest BCUT2D eigenvalue weighted by molar-refractivity contribution is 5.95. The van der Waals surface area contributed by atoms with Crippen molar-refractivity contribution in [3.63, 3.8) is 0 Å². The Balaban J connectivity index is 1.52. The van der Waals surface area contributed by atoms with Gasteiger partial charge in [-0.2, -0.15) is 0 Å². The van der Waals surface area contributed by atoms with Crippen molar-refractivity contribution >= 4 is 22.6 Å². The first-order valence-electron chi connectivity index (χ1n) is 9.24. The Kier molecular flexibility index (Phi) is 4.25. The van der Waals surface area contributed by atoms with Crippen LogP contribution in [0.5, 0.6) is 0 Å². The molecule has 1 aromatic carbocycles. The molecule has 6 heteroatoms. The number of aromatic nitrogens is 2. The van der Waals surface area contributed by atoms with Gasteiger partial charge in [0.25, 0.3) is 0 Å². The number of imidazole rings is 1. The second-order valence-electron chi connectivity index (χ2n) is 7.65. The molecular formula is C19H26N4O2. The largest absolute Gasteiger partial charge is 0.370 e. The van der Waals surface area contributed by atoms with Crippen molar-refractivity contribution in [2.75, 3.05) is 11.9 Å². The molecule has 134 valence electrons. The number of aromatic amines is 1. The number of nitrogens with one attached hydrogen (secondary N) is 2. The van der Waals surface area contributed by atoms with Crippen LogP contribution in [0.3, 0.4) is 0 Å². The number of nitrogens with two attached hydrogens (primary N) is 1. The van der Waals surface area contributed by atoms with Crippen LogP contribution in [0, 0.1) is 5.92 Å². The fourth-order valence-corrected chi connectivity index (χ4v) is 4.07. The number of carbonyl (C=O) groups excluding carboxylic acids is 1. The Morgan fingerprint density at radius 3 is 3.00 bits per heavy atom. The Morgan fingerprint density at radius 1 is 1.36 bits per heavy atom. The standard InChI is InChI=1S/C19H26N4O2/c1-19(20)9-3-2-5-13(19)18(24)21-12-7-8-14-15(11-12)23-17(22-14)16-6-4-10-25-16/h7-8,11,13,16H,2-6,9-10,20H2,1H3,(H,21,24)(H,22,23). The number of carbonyl (C=O) groups is 1. The quantitative estimate of drug-likeness (QED) is 0.798. The van der Waals surface area contributed by atoms with Gasteiger partial charge < -0.3 is 20.8 Å². The van der Waals surface area contributed by atoms with Crippen LogP contribution in [0.15, 0.2) is 18.2 Å². The van der Waals surface area contributed by atoms with Crippen LogP contribution in [0.25, 0.3) is 11.0 Å². The number of ether oxygens (including phenoxy) is 1. The molecule has 1 amide bonds. The van der Waals surface area contributed by atoms with E-state index in [2.05, 4.69) is 15.3 Å². The van der Waals surface area contributed by atoms with Crippen molar-refractivity contribution in [2.24, 2.45) is 11.7 Å². The van der Waals surface area contributed by atoms with Gasteiger partial charge >= 0.3 is 0 Å². The van der Waals surface area contributed by atoms with E-state index in [9.17, 15) is 4.79 Å². The SMILES string of the molecule is CC1(N)CCCCC1C(=O)Nc1ccc2nc(C3CCCO3)[nH]c2c1. The maximum absolute atomic E-state index is 12.7. The Labute approximate surface area is 147 Å². The van der Waals surface area contributed by atoms with Crippen LogP contribution >= 0.6 is 0 Å². The average Bonchev–Trinajstić information content (AvgIpc) is 3.23. The number of nitrogens with zero attached hydrogens (tertiary/aromatic N) is 1. The molecule has 6 nitrogen and oxygen atoms in total. The smallest absolute Gasteiger partial charge is 0.229 e. The summed E-state index contributed by atoms with van der Waals surface area (Å²) in [6.45, 7) is 2.78. The lowest BCUT2D eigenvalue weighted by Crippen LogP contribution is -2.51. The molecule has 3 atom stereocenters. The molecule has 25 heavy (non-hydrogen) atoms. The first kappa shape index (κ1) is 16.5. The normalized spacial score (nSPS) is 29.8. The third kappa shape index (κ3) is 3.28. The third-order valence-corrected chi connectivity index (χ3v) is 5.57. The Morgan fingerprint density at radius 2 is 2.24 bits per heavy atom. The van der Waals surface area contributed by atoms with Crippen LogP contribution in [0.2, 0.25) is 0 Å². The molecule has 0 radical (unpaired) electrons. The number of anilines is 1. The summed E-state index contributed by atoms with van der Waals surface area (Å²) in [5, 5.41) is 3.04. The lowest BCUT2D eigenvalue weighted by atomic mass is 9.74. The molecule has 2 aliphatic rings. The van der Waals surface area contributed by atoms with Gasteiger partial charge in [-0.25, -0.2) is 4.98 Å². The molecule has 0 spiro atoms. The minimum Gasteiger partial charge on any atom is -0.370 e. The molecule has 0 bridgehead atoms. The summed E-state index contributed by atoms with van der Waals surface area (Å²) in [4.78, 5) is 20.6. The molecule has 1 saturated carbocycles. The fourth-order valence-electron chi connectivity index (χ4n) is 4.07. The molecule has 1 aliphatic heterocycles. The molecule has 4 N–H and O–H groups in total. The van der Waals surface area contributed by atoms with Crippen molar-refractivity contribution in [1.29, 1.82) is 0 Å². The van der Waals surface area contributed by atoms with E-state index >= 15 is 0 Å². The molecule has 1 aromatic heterocycles. The molecule has 4 rings (SSSR count). The molecule has 2 heterocycles. The van der Waals surface area contributed by atoms with Gasteiger partial charge in [0, 0.05) is 17.8 Å². The van der Waals surface area contributed by atoms with Crippen molar-refractivity contribution in [3.05, 3.63) is 24.0 Å². The predicted octanol–water partition coefficient (Wildman–Crippen LogP) is 3.26. The summed E-state index contributed by atoms with van der Waals surface area (Å²) in [7, 11) is 0. The number of rotatable bonds is 3. The Hall–Kier alpha value is -1.92. The monoisotopic (exact) mass is 342 g/mol. The van der Waals surface area contributed by atoms with Crippen LogP contribution in [-0.2, 0) is 9.53 Å². The zero-order valence-corrected chi connectivity index (χ0v) is 14.7. The number of hydrogen-bond acceptors (Lipinski definition) is 4. The predicted molar refractivity (Wildman–Crippen MR) is 97.2 cm³/mol. The molecular weight excluding hydrogens is 316 g/mol. The van der Waals surface area contributed by atoms with Gasteiger partial charge in [0.15, 0.2) is 0 Å². The number of fused-ring (bicyclic) bond motifs is 1. The van der Waals surface area contributed by atoms with E-state index in [1.54, 1.807) is 0 Å². The summed E-state index contributed by atoms with van der Waals surface area (Å²) in [6.07, 6.45) is 6.05. The van der Waals surface area contributed by atoms with E-state index in [0.717, 1.165) is 67.7 Å². The van der Waals surface area contributed by atoms with Gasteiger partial charge in [0.05, 0.1) is 17.0 Å². The zero-order chi connectivity index (χ0) is 17.4. The van der Waals surface area contributed by atoms with Gasteiger partial charge in [-0.1, -0.05) is 12.8 Å². The first-order valence-corrected chi connectivity index (χ1v) is 9.24. The van der Waals surface area contributed by atoms with Gasteiger partial charge in [0.2, 0.25) is 5.91 Å². The molecule has 2 fully saturated rings. The van der Waals surface area contributed by atoms with Gasteiger partial charge in [0.1, 0.15) is 11.9 Å². The van der Waals surface area contributed by atoms with Crippen molar-refractivity contribution in [3.8, 4) is 0 Å². The lowest BCUT2D eigenvalue weighted by Gasteiger charge is -2.37. The first-order chi connectivity index (χ1) is 12.0. The number of benzene rings is 1. The average molecular weight is 342 g/mol. The highest BCUT2D eigenvalue weighted by Crippen LogP contribution is 2.33. The van der Waals surface area contributed by atoms with Crippen LogP contribution in [0.4, 0.5) is 5.69 Å². The summed E-state index contributed by atoms with van der Waals surface area (Å²) in [6, 6.07) is 5.77. The molecule has 2 aromatic rings. The number of amides is 1. The van der Waals surface area contributed by atoms with E-state index < -0.39 is 5.54 Å². The number of hydrogen-bond donors (Lipinski definition) is 3. The summed E-state index contributed by atoms with van der Waals surface area (Å²) >= 11 is 0. The van der Waals surface area contributed by atoms with Crippen LogP contribution in [-0.4, -0.2) is 28.0 Å². The second kappa shape index (κ2) is 6.42. The minimum atomic E-state index is -0.423. The van der Waals surface area contributed by atoms with E-state index in [-0.39, 0.29) is 17.9 Å². The lowest BCUT2D eigenvalue weighted by molar-refractivity contribution is -0.122. The summed E-state index contributed by atoms with van der Waals surface area (Å²) in [5.41, 5.74) is 8.52. The molecule has 1 aliphatic carbocycles. The van der Waals surface area contributed by atoms with Crippen molar-refractivity contribution in [1.82, 2.24) is 9.97 Å². The minimum absolute atomic E-state index is 0.0166. The van der Waals surface area contributed by atoms with Gasteiger partial charge in [-0.15, -0.1) is 0 Å². The van der Waals surface area contributed by atoms with Crippen molar-refractivity contribution < 1.29 is 9.53 Å². The molecule has 1 saturated heterocycles. The Bertz CT molecular complexity index is 777. The fraction of sp³-hybridized carbons (Fsp3) is 0.579. The highest BCUT2D eigenvalue weighted by Gasteiger charge is 2.37. The van der Waals surface area contributed by atoms with Crippen LogP contribution < -0.4 is 11.1 Å². The highest BCUT2D eigenvalue weighted by atomic mass is 16.5. The van der Waals surface area contributed by atoms with Crippen molar-refractivity contribution in [2.45, 2.75) is 57.1 Å². The van der Waals surface area contributed by atoms with E-state index in [0.29, 0.717) is 0 Å². The van der Waals surface area contributed by atoms with E-state index in [1.807, 2.05) is 25.1 Å². The van der Waals surface area contributed by atoms with E-state index in [4.69, 9.17) is 10.5 Å². The summed E-state index contributed by atoms with van der Waals surface area (Å²) < 4.78 is 5.69. The van der Waals surface area contributed by atoms with Gasteiger partial charge in [-0.05, 0) is 50.8 Å². The third-order valence-electron chi connectivity index (χ3n) is 5.57. The maximum atomic E-state index is 12.7. The zero-order valence-electron chi connectivity index (χ0n) is 14.7. The topological polar surface area (TPSA) is 93.0 Å². The van der Waals surface area contributed by atoms with Crippen LogP contribution in [0.1, 0.15) is 57.4 Å². The van der Waals surface area contributed by atoms with E-state index in [1.165, 1.54) is 0 Å². The number of H-pyrrole nitrogens is 1. The summed E-state index contributed by atoms with van der Waals surface area (Å²) in [5.74, 6) is 0.752.